The molecule has 18 rings (SSSR count). The van der Waals surface area contributed by atoms with Crippen LogP contribution < -0.4 is 0 Å². The summed E-state index contributed by atoms with van der Waals surface area (Å²) in [7, 11) is 0. The van der Waals surface area contributed by atoms with E-state index in [1.807, 2.05) is 18.2 Å². The summed E-state index contributed by atoms with van der Waals surface area (Å²) < 4.78 is 31.4. The van der Waals surface area contributed by atoms with Gasteiger partial charge in [0.2, 0.25) is 0 Å². The molecule has 66 heavy (non-hydrogen) atoms. The van der Waals surface area contributed by atoms with E-state index >= 15 is 0 Å². The average Bonchev–Trinajstić information content (AvgIpc) is 4.24. The topological polar surface area (TPSA) is 61.4 Å². The summed E-state index contributed by atoms with van der Waals surface area (Å²) in [4.78, 5) is 0. The second-order valence-electron chi connectivity index (χ2n) is 18.3. The molecular formula is C60H28N2O4. The summed E-state index contributed by atoms with van der Waals surface area (Å²) in [6.45, 7) is 0. The largest absolute Gasteiger partial charge is 0.456 e. The van der Waals surface area contributed by atoms with Gasteiger partial charge in [-0.15, -0.1) is 0 Å². The molecule has 8 heterocycles. The minimum absolute atomic E-state index is 0.864. The Morgan fingerprint density at radius 2 is 0.682 bits per heavy atom. The lowest BCUT2D eigenvalue weighted by Gasteiger charge is -2.02. The van der Waals surface area contributed by atoms with Gasteiger partial charge < -0.3 is 26.5 Å². The van der Waals surface area contributed by atoms with Gasteiger partial charge >= 0.3 is 0 Å². The minimum atomic E-state index is 0.864. The monoisotopic (exact) mass is 840 g/mol. The van der Waals surface area contributed by atoms with Gasteiger partial charge in [0.15, 0.2) is 0 Å². The third kappa shape index (κ3) is 3.67. The number of hydrogen-bond acceptors (Lipinski definition) is 4. The molecule has 0 radical (unpaired) electrons. The molecular weight excluding hydrogens is 813 g/mol. The van der Waals surface area contributed by atoms with Gasteiger partial charge in [-0.05, 0) is 83.9 Å². The first-order valence-corrected chi connectivity index (χ1v) is 22.5. The van der Waals surface area contributed by atoms with Crippen LogP contribution in [0.5, 0.6) is 0 Å². The summed E-state index contributed by atoms with van der Waals surface area (Å²) in [5.41, 5.74) is 16.3. The number of para-hydroxylation sites is 4. The van der Waals surface area contributed by atoms with Gasteiger partial charge in [0.1, 0.15) is 44.7 Å². The highest BCUT2D eigenvalue weighted by Crippen LogP contribution is 2.48. The van der Waals surface area contributed by atoms with Gasteiger partial charge in [-0.25, -0.2) is 0 Å². The van der Waals surface area contributed by atoms with Crippen LogP contribution in [0, 0.1) is 0 Å². The molecule has 0 saturated heterocycles. The first kappa shape index (κ1) is 32.6. The highest BCUT2D eigenvalue weighted by molar-refractivity contribution is 6.33. The van der Waals surface area contributed by atoms with Crippen LogP contribution in [0.2, 0.25) is 0 Å². The zero-order valence-corrected chi connectivity index (χ0v) is 34.7. The second kappa shape index (κ2) is 10.8. The van der Waals surface area contributed by atoms with Gasteiger partial charge in [-0.1, -0.05) is 84.9 Å². The lowest BCUT2D eigenvalue weighted by Crippen LogP contribution is -1.81. The molecule has 8 aromatic heterocycles. The molecule has 0 fully saturated rings. The Kier molecular flexibility index (Phi) is 5.36. The Balaban J connectivity index is 0.804. The van der Waals surface area contributed by atoms with E-state index in [-0.39, 0.29) is 0 Å². The van der Waals surface area contributed by atoms with Crippen molar-refractivity contribution in [1.29, 1.82) is 0 Å². The summed E-state index contributed by atoms with van der Waals surface area (Å²) in [5.74, 6) is 0. The van der Waals surface area contributed by atoms with Crippen LogP contribution in [-0.4, -0.2) is 8.80 Å². The van der Waals surface area contributed by atoms with E-state index in [0.717, 1.165) is 132 Å². The van der Waals surface area contributed by atoms with Crippen LogP contribution in [0.4, 0.5) is 0 Å². The average molecular weight is 841 g/mol. The van der Waals surface area contributed by atoms with Gasteiger partial charge in [-0.3, -0.25) is 0 Å². The van der Waals surface area contributed by atoms with Gasteiger partial charge in [-0.2, -0.15) is 0 Å². The van der Waals surface area contributed by atoms with Gasteiger partial charge in [0.25, 0.3) is 0 Å². The predicted octanol–water partition coefficient (Wildman–Crippen LogP) is 17.3. The fourth-order valence-corrected chi connectivity index (χ4v) is 12.4. The first-order chi connectivity index (χ1) is 32.7. The Morgan fingerprint density at radius 3 is 1.36 bits per heavy atom. The molecule has 0 aliphatic carbocycles. The van der Waals surface area contributed by atoms with E-state index in [1.54, 1.807) is 0 Å². The van der Waals surface area contributed by atoms with Crippen molar-refractivity contribution in [1.82, 2.24) is 8.80 Å². The van der Waals surface area contributed by atoms with E-state index < -0.39 is 0 Å². The maximum Gasteiger partial charge on any atom is 0.145 e. The van der Waals surface area contributed by atoms with Crippen molar-refractivity contribution in [2.24, 2.45) is 0 Å². The Morgan fingerprint density at radius 1 is 0.242 bits per heavy atom. The molecule has 0 unspecified atom stereocenters. The van der Waals surface area contributed by atoms with Crippen molar-refractivity contribution in [3.05, 3.63) is 170 Å². The number of nitrogens with zero attached hydrogens (tertiary/aromatic N) is 2. The van der Waals surface area contributed by atoms with Crippen molar-refractivity contribution >= 4 is 164 Å². The third-order valence-corrected chi connectivity index (χ3v) is 15.2. The number of fused-ring (bicyclic) bond motifs is 26. The number of benzene rings is 10. The zero-order chi connectivity index (χ0) is 42.3. The Hall–Kier alpha value is -9.00. The lowest BCUT2D eigenvalue weighted by molar-refractivity contribution is 0.669. The fourth-order valence-electron chi connectivity index (χ4n) is 12.4. The molecule has 0 spiro atoms. The Bertz CT molecular complexity index is 5240. The normalized spacial score (nSPS) is 13.2. The molecule has 6 heteroatoms. The maximum absolute atomic E-state index is 6.83. The molecule has 10 aromatic carbocycles. The molecule has 0 atom stereocenters. The molecule has 0 amide bonds. The van der Waals surface area contributed by atoms with Crippen molar-refractivity contribution in [2.75, 3.05) is 0 Å². The summed E-state index contributed by atoms with van der Waals surface area (Å²) in [6.07, 6.45) is 0. The molecule has 0 aliphatic rings. The van der Waals surface area contributed by atoms with Crippen molar-refractivity contribution in [3.63, 3.8) is 0 Å². The van der Waals surface area contributed by atoms with Gasteiger partial charge in [0.05, 0.1) is 43.9 Å². The number of furan rings is 4. The van der Waals surface area contributed by atoms with E-state index in [0.29, 0.717) is 0 Å². The van der Waals surface area contributed by atoms with E-state index in [9.17, 15) is 0 Å². The van der Waals surface area contributed by atoms with Gasteiger partial charge in [0, 0.05) is 87.5 Å². The van der Waals surface area contributed by atoms with Crippen LogP contribution in [0.1, 0.15) is 0 Å². The molecule has 0 aliphatic heterocycles. The van der Waals surface area contributed by atoms with Crippen LogP contribution >= 0.6 is 0 Å². The van der Waals surface area contributed by atoms with Crippen molar-refractivity contribution < 1.29 is 17.7 Å². The molecule has 0 saturated carbocycles. The lowest BCUT2D eigenvalue weighted by atomic mass is 10.00. The summed E-state index contributed by atoms with van der Waals surface area (Å²) in [6, 6.07) is 61.1. The SMILES string of the molecule is c1ccc2c(c1)oc1cc3c(cc12)c1cccc2c4cc5c(cc4n3c12)oc1cc(-c2ccc3oc4c(ccc6c4c4cccc7c8c9oc%10ccccc%10c9ccc8n6c74)c3c2)ccc15. The fraction of sp³-hybridized carbons (Fsp3) is 0. The highest BCUT2D eigenvalue weighted by Gasteiger charge is 2.25. The first-order valence-electron chi connectivity index (χ1n) is 22.5. The van der Waals surface area contributed by atoms with E-state index in [1.165, 1.54) is 43.4 Å². The van der Waals surface area contributed by atoms with Crippen LogP contribution in [0.25, 0.3) is 175 Å². The number of aromatic nitrogens is 2. The van der Waals surface area contributed by atoms with Crippen molar-refractivity contribution in [3.8, 4) is 11.1 Å². The smallest absolute Gasteiger partial charge is 0.145 e. The zero-order valence-electron chi connectivity index (χ0n) is 34.7. The quantitative estimate of drug-likeness (QED) is 0.165. The molecule has 0 bridgehead atoms. The van der Waals surface area contributed by atoms with Crippen molar-refractivity contribution in [2.45, 2.75) is 0 Å². The molecule has 0 N–H and O–H groups in total. The molecule has 6 nitrogen and oxygen atoms in total. The summed E-state index contributed by atoms with van der Waals surface area (Å²) in [5, 5.41) is 18.5. The molecule has 302 valence electrons. The highest BCUT2D eigenvalue weighted by atomic mass is 16.3. The van der Waals surface area contributed by atoms with Crippen LogP contribution in [0.3, 0.4) is 0 Å². The van der Waals surface area contributed by atoms with Crippen LogP contribution in [0.15, 0.2) is 188 Å². The van der Waals surface area contributed by atoms with Crippen LogP contribution in [-0.2, 0) is 0 Å². The Labute approximate surface area is 369 Å². The standard InChI is InChI=1S/C60H28N2O4/c1-4-14-50-31(7-1)36-18-20-45-55(59(36)65-50)38-11-6-12-39-56-46(61(45)58(38)39)21-19-37-42-23-29(16-22-51(42)66-60(37)56)30-15-17-33-44-26-41-35-10-5-9-34-40-25-43-32-8-2-3-13-49(32)63-53(43)27-47(40)62(57(34)35)48(41)28-54(44)64-52(33)24-30/h1-28H. The van der Waals surface area contributed by atoms with E-state index in [2.05, 4.69) is 160 Å². The third-order valence-electron chi connectivity index (χ3n) is 15.2. The van der Waals surface area contributed by atoms with E-state index in [4.69, 9.17) is 17.7 Å². The molecule has 18 aromatic rings. The summed E-state index contributed by atoms with van der Waals surface area (Å²) >= 11 is 0. The second-order valence-corrected chi connectivity index (χ2v) is 18.3. The number of rotatable bonds is 1. The predicted molar refractivity (Wildman–Crippen MR) is 270 cm³/mol. The number of hydrogen-bond donors (Lipinski definition) is 0. The minimum Gasteiger partial charge on any atom is -0.456 e. The maximum atomic E-state index is 6.83.